The van der Waals surface area contributed by atoms with Crippen molar-refractivity contribution in [1.82, 2.24) is 14.3 Å². The molecule has 2 aliphatic heterocycles. The van der Waals surface area contributed by atoms with Crippen molar-refractivity contribution in [2.24, 2.45) is 0 Å². The molecule has 8 heteroatoms. The van der Waals surface area contributed by atoms with Gasteiger partial charge in [0, 0.05) is 50.2 Å². The summed E-state index contributed by atoms with van der Waals surface area (Å²) >= 11 is 1.46. The van der Waals surface area contributed by atoms with E-state index in [0.29, 0.717) is 11.5 Å². The van der Waals surface area contributed by atoms with E-state index in [9.17, 15) is 8.42 Å². The van der Waals surface area contributed by atoms with Gasteiger partial charge in [0.15, 0.2) is 9.84 Å². The molecule has 1 aromatic heterocycles. The van der Waals surface area contributed by atoms with Crippen LogP contribution in [0.5, 0.6) is 0 Å². The number of hydrogen-bond acceptors (Lipinski definition) is 7. The molecule has 0 N–H and O–H groups in total. The Labute approximate surface area is 123 Å². The fraction of sp³-hybridized carbons (Fsp3) is 0.833. The zero-order valence-corrected chi connectivity index (χ0v) is 13.3. The second-order valence-corrected chi connectivity index (χ2v) is 8.39. The second-order valence-electron chi connectivity index (χ2n) is 5.43. The Morgan fingerprint density at radius 1 is 1.30 bits per heavy atom. The fourth-order valence-corrected chi connectivity index (χ4v) is 5.42. The fourth-order valence-electron chi connectivity index (χ4n) is 2.86. The average Bonchev–Trinajstić information content (AvgIpc) is 3.05. The van der Waals surface area contributed by atoms with Gasteiger partial charge in [-0.3, -0.25) is 4.90 Å². The number of aryl methyl sites for hydroxylation is 1. The number of nitrogens with zero attached hydrogens (tertiary/aromatic N) is 4. The maximum Gasteiger partial charge on any atom is 0.205 e. The summed E-state index contributed by atoms with van der Waals surface area (Å²) in [4.78, 5) is 9.10. The van der Waals surface area contributed by atoms with E-state index < -0.39 is 9.84 Å². The zero-order chi connectivity index (χ0) is 14.2. The molecule has 112 valence electrons. The van der Waals surface area contributed by atoms with Crippen molar-refractivity contribution in [2.45, 2.75) is 25.8 Å². The van der Waals surface area contributed by atoms with Gasteiger partial charge >= 0.3 is 0 Å². The molecule has 6 nitrogen and oxygen atoms in total. The van der Waals surface area contributed by atoms with Crippen LogP contribution in [0.1, 0.15) is 19.2 Å². The number of hydrogen-bond donors (Lipinski definition) is 0. The van der Waals surface area contributed by atoms with E-state index in [1.165, 1.54) is 11.5 Å². The highest BCUT2D eigenvalue weighted by molar-refractivity contribution is 7.91. The van der Waals surface area contributed by atoms with Crippen molar-refractivity contribution in [3.8, 4) is 0 Å². The first-order valence-electron chi connectivity index (χ1n) is 7.09. The lowest BCUT2D eigenvalue weighted by Gasteiger charge is -2.37. The third-order valence-electron chi connectivity index (χ3n) is 4.08. The van der Waals surface area contributed by atoms with Crippen molar-refractivity contribution in [3.05, 3.63) is 5.82 Å². The van der Waals surface area contributed by atoms with Crippen molar-refractivity contribution < 1.29 is 8.42 Å². The van der Waals surface area contributed by atoms with Crippen LogP contribution in [0.4, 0.5) is 5.13 Å². The lowest BCUT2D eigenvalue weighted by molar-refractivity contribution is 0.200. The van der Waals surface area contributed by atoms with Gasteiger partial charge in [0.1, 0.15) is 5.82 Å². The quantitative estimate of drug-likeness (QED) is 0.805. The van der Waals surface area contributed by atoms with Crippen LogP contribution in [0.2, 0.25) is 0 Å². The van der Waals surface area contributed by atoms with Crippen molar-refractivity contribution in [1.29, 1.82) is 0 Å². The average molecular weight is 316 g/mol. The van der Waals surface area contributed by atoms with Crippen LogP contribution < -0.4 is 4.90 Å². The topological polar surface area (TPSA) is 66.4 Å². The maximum absolute atomic E-state index is 11.6. The van der Waals surface area contributed by atoms with Crippen LogP contribution in [0.15, 0.2) is 0 Å². The second kappa shape index (κ2) is 5.57. The third kappa shape index (κ3) is 2.96. The summed E-state index contributed by atoms with van der Waals surface area (Å²) in [5.41, 5.74) is 0. The Hall–Kier alpha value is -0.730. The molecule has 0 aliphatic carbocycles. The standard InChI is InChI=1S/C12H20N4O2S2/c1-2-11-13-12(19-14-11)16-6-4-15(5-7-16)10-3-8-20(17,18)9-10/h10H,2-9H2,1H3. The van der Waals surface area contributed by atoms with E-state index in [1.54, 1.807) is 0 Å². The third-order valence-corrected chi connectivity index (χ3v) is 6.65. The van der Waals surface area contributed by atoms with E-state index in [1.807, 2.05) is 0 Å². The monoisotopic (exact) mass is 316 g/mol. The molecule has 1 aromatic rings. The van der Waals surface area contributed by atoms with Gasteiger partial charge in [-0.25, -0.2) is 13.4 Å². The molecule has 3 heterocycles. The van der Waals surface area contributed by atoms with Gasteiger partial charge in [0.2, 0.25) is 5.13 Å². The molecule has 0 amide bonds. The maximum atomic E-state index is 11.6. The molecule has 0 spiro atoms. The lowest BCUT2D eigenvalue weighted by Crippen LogP contribution is -2.50. The highest BCUT2D eigenvalue weighted by Gasteiger charge is 2.34. The Morgan fingerprint density at radius 3 is 2.60 bits per heavy atom. The molecule has 1 unspecified atom stereocenters. The summed E-state index contributed by atoms with van der Waals surface area (Å²) in [6.45, 7) is 5.72. The first-order chi connectivity index (χ1) is 9.57. The van der Waals surface area contributed by atoms with E-state index in [0.717, 1.165) is 50.0 Å². The number of piperazine rings is 1. The van der Waals surface area contributed by atoms with E-state index in [-0.39, 0.29) is 6.04 Å². The van der Waals surface area contributed by atoms with Gasteiger partial charge in [-0.1, -0.05) is 6.92 Å². The Balaban J connectivity index is 1.57. The molecule has 2 fully saturated rings. The van der Waals surface area contributed by atoms with Gasteiger partial charge in [0.25, 0.3) is 0 Å². The number of sulfone groups is 1. The first-order valence-corrected chi connectivity index (χ1v) is 9.69. The summed E-state index contributed by atoms with van der Waals surface area (Å²) in [6, 6.07) is 0.225. The minimum absolute atomic E-state index is 0.225. The predicted molar refractivity (Wildman–Crippen MR) is 80.1 cm³/mol. The summed E-state index contributed by atoms with van der Waals surface area (Å²) in [5.74, 6) is 1.61. The number of anilines is 1. The molecule has 2 saturated heterocycles. The molecule has 0 aromatic carbocycles. The van der Waals surface area contributed by atoms with Crippen molar-refractivity contribution >= 4 is 26.5 Å². The SMILES string of the molecule is CCc1nsc(N2CCN(C3CCS(=O)(=O)C3)CC2)n1. The minimum Gasteiger partial charge on any atom is -0.344 e. The van der Waals surface area contributed by atoms with Gasteiger partial charge in [0.05, 0.1) is 11.5 Å². The number of rotatable bonds is 3. The van der Waals surface area contributed by atoms with Gasteiger partial charge < -0.3 is 4.90 Å². The largest absolute Gasteiger partial charge is 0.344 e. The van der Waals surface area contributed by atoms with Crippen LogP contribution in [-0.2, 0) is 16.3 Å². The molecule has 1 atom stereocenters. The Morgan fingerprint density at radius 2 is 2.05 bits per heavy atom. The molecule has 3 rings (SSSR count). The summed E-state index contributed by atoms with van der Waals surface area (Å²) in [6.07, 6.45) is 1.66. The first kappa shape index (κ1) is 14.2. The van der Waals surface area contributed by atoms with Gasteiger partial charge in [-0.05, 0) is 6.42 Å². The summed E-state index contributed by atoms with van der Waals surface area (Å²) < 4.78 is 27.4. The highest BCUT2D eigenvalue weighted by Crippen LogP contribution is 2.23. The Bertz CT molecular complexity index is 564. The zero-order valence-electron chi connectivity index (χ0n) is 11.7. The van der Waals surface area contributed by atoms with Gasteiger partial charge in [-0.15, -0.1) is 0 Å². The van der Waals surface area contributed by atoms with Gasteiger partial charge in [-0.2, -0.15) is 4.37 Å². The molecule has 2 aliphatic rings. The summed E-state index contributed by atoms with van der Waals surface area (Å²) in [7, 11) is -2.79. The minimum atomic E-state index is -2.79. The van der Waals surface area contributed by atoms with E-state index in [4.69, 9.17) is 0 Å². The van der Waals surface area contributed by atoms with Crippen LogP contribution in [0.25, 0.3) is 0 Å². The molecule has 20 heavy (non-hydrogen) atoms. The Kier molecular flexibility index (Phi) is 3.96. The van der Waals surface area contributed by atoms with Crippen LogP contribution in [0, 0.1) is 0 Å². The number of aromatic nitrogens is 2. The molecule has 0 radical (unpaired) electrons. The van der Waals surface area contributed by atoms with E-state index in [2.05, 4.69) is 26.1 Å². The smallest absolute Gasteiger partial charge is 0.205 e. The molecular formula is C12H20N4O2S2. The van der Waals surface area contributed by atoms with Crippen LogP contribution in [-0.4, -0.2) is 66.4 Å². The summed E-state index contributed by atoms with van der Waals surface area (Å²) in [5, 5.41) is 1.00. The lowest BCUT2D eigenvalue weighted by atomic mass is 10.2. The van der Waals surface area contributed by atoms with Crippen LogP contribution in [0.3, 0.4) is 0 Å². The molecular weight excluding hydrogens is 296 g/mol. The molecule has 0 bridgehead atoms. The highest BCUT2D eigenvalue weighted by atomic mass is 32.2. The normalized spacial score (nSPS) is 27.1. The van der Waals surface area contributed by atoms with E-state index >= 15 is 0 Å². The molecule has 0 saturated carbocycles. The van der Waals surface area contributed by atoms with Crippen molar-refractivity contribution in [3.63, 3.8) is 0 Å². The van der Waals surface area contributed by atoms with Crippen molar-refractivity contribution in [2.75, 3.05) is 42.6 Å². The van der Waals surface area contributed by atoms with Crippen LogP contribution >= 0.6 is 11.5 Å². The predicted octanol–water partition coefficient (Wildman–Crippen LogP) is 0.410.